The topological polar surface area (TPSA) is 61.7 Å². The minimum absolute atomic E-state index is 0.142. The lowest BCUT2D eigenvalue weighted by atomic mass is 10.2. The number of fused-ring (bicyclic) bond motifs is 1. The van der Waals surface area contributed by atoms with Gasteiger partial charge in [-0.2, -0.15) is 0 Å². The minimum atomic E-state index is -0.142. The Bertz CT molecular complexity index is 725. The normalized spacial score (nSPS) is 12.9. The molecule has 0 radical (unpaired) electrons. The summed E-state index contributed by atoms with van der Waals surface area (Å²) < 4.78 is 4.18. The first-order valence-corrected chi connectivity index (χ1v) is 6.87. The van der Waals surface area contributed by atoms with Gasteiger partial charge in [0.1, 0.15) is 11.6 Å². The number of aromatic nitrogens is 4. The lowest BCUT2D eigenvalue weighted by Gasteiger charge is -2.12. The van der Waals surface area contributed by atoms with E-state index in [4.69, 9.17) is 10.7 Å². The number of hydrogen-bond donors (Lipinski definition) is 1. The van der Waals surface area contributed by atoms with E-state index in [1.165, 1.54) is 0 Å². The van der Waals surface area contributed by atoms with E-state index in [2.05, 4.69) is 22.5 Å². The maximum Gasteiger partial charge on any atom is 0.125 e. The smallest absolute Gasteiger partial charge is 0.125 e. The van der Waals surface area contributed by atoms with Crippen LogP contribution in [0.3, 0.4) is 0 Å². The van der Waals surface area contributed by atoms with E-state index in [0.29, 0.717) is 6.42 Å². The van der Waals surface area contributed by atoms with Gasteiger partial charge in [0, 0.05) is 32.4 Å². The van der Waals surface area contributed by atoms with Gasteiger partial charge in [-0.3, -0.25) is 0 Å². The van der Waals surface area contributed by atoms with Crippen molar-refractivity contribution in [2.24, 2.45) is 12.8 Å². The lowest BCUT2D eigenvalue weighted by Crippen LogP contribution is -2.20. The predicted octanol–water partition coefficient (Wildman–Crippen LogP) is 2.03. The van der Waals surface area contributed by atoms with E-state index in [-0.39, 0.29) is 6.04 Å². The molecule has 0 saturated heterocycles. The average molecular weight is 269 g/mol. The van der Waals surface area contributed by atoms with E-state index in [1.54, 1.807) is 6.20 Å². The SMILES string of the molecule is CCn1c(CC(N)c2nccn2C)nc2ccccc21. The van der Waals surface area contributed by atoms with Crippen molar-refractivity contribution in [3.05, 3.63) is 48.3 Å². The summed E-state index contributed by atoms with van der Waals surface area (Å²) in [4.78, 5) is 9.03. The van der Waals surface area contributed by atoms with E-state index in [0.717, 1.165) is 29.2 Å². The van der Waals surface area contributed by atoms with Crippen molar-refractivity contribution in [3.8, 4) is 0 Å². The summed E-state index contributed by atoms with van der Waals surface area (Å²) in [5.74, 6) is 1.91. The Labute approximate surface area is 118 Å². The highest BCUT2D eigenvalue weighted by Crippen LogP contribution is 2.20. The highest BCUT2D eigenvalue weighted by atomic mass is 15.1. The summed E-state index contributed by atoms with van der Waals surface area (Å²) in [5, 5.41) is 0. The van der Waals surface area contributed by atoms with Crippen LogP contribution in [-0.2, 0) is 20.0 Å². The van der Waals surface area contributed by atoms with Crippen molar-refractivity contribution in [2.45, 2.75) is 25.9 Å². The van der Waals surface area contributed by atoms with Gasteiger partial charge in [0.2, 0.25) is 0 Å². The maximum atomic E-state index is 6.28. The van der Waals surface area contributed by atoms with Gasteiger partial charge in [-0.15, -0.1) is 0 Å². The molecule has 1 atom stereocenters. The van der Waals surface area contributed by atoms with Crippen LogP contribution < -0.4 is 5.73 Å². The molecule has 1 aromatic carbocycles. The van der Waals surface area contributed by atoms with Crippen LogP contribution in [0.5, 0.6) is 0 Å². The van der Waals surface area contributed by atoms with E-state index in [1.807, 2.05) is 36.0 Å². The Hall–Kier alpha value is -2.14. The molecular formula is C15H19N5. The number of aryl methyl sites for hydroxylation is 2. The van der Waals surface area contributed by atoms with Crippen molar-refractivity contribution >= 4 is 11.0 Å². The second-order valence-corrected chi connectivity index (χ2v) is 4.97. The predicted molar refractivity (Wildman–Crippen MR) is 79.2 cm³/mol. The zero-order chi connectivity index (χ0) is 14.1. The van der Waals surface area contributed by atoms with E-state index >= 15 is 0 Å². The molecule has 0 spiro atoms. The number of para-hydroxylation sites is 2. The maximum absolute atomic E-state index is 6.28. The summed E-state index contributed by atoms with van der Waals surface area (Å²) >= 11 is 0. The molecule has 0 fully saturated rings. The quantitative estimate of drug-likeness (QED) is 0.788. The summed E-state index contributed by atoms with van der Waals surface area (Å²) in [6.07, 6.45) is 4.38. The first-order valence-electron chi connectivity index (χ1n) is 6.87. The van der Waals surface area contributed by atoms with Gasteiger partial charge in [-0.25, -0.2) is 9.97 Å². The molecule has 0 amide bonds. The van der Waals surface area contributed by atoms with Crippen LogP contribution in [0, 0.1) is 0 Å². The van der Waals surface area contributed by atoms with Crippen LogP contribution in [0.4, 0.5) is 0 Å². The van der Waals surface area contributed by atoms with Gasteiger partial charge in [0.05, 0.1) is 17.1 Å². The largest absolute Gasteiger partial charge is 0.337 e. The molecule has 20 heavy (non-hydrogen) atoms. The van der Waals surface area contributed by atoms with Gasteiger partial charge in [0.25, 0.3) is 0 Å². The Morgan fingerprint density at radius 3 is 2.80 bits per heavy atom. The van der Waals surface area contributed by atoms with Crippen molar-refractivity contribution in [2.75, 3.05) is 0 Å². The fourth-order valence-corrected chi connectivity index (χ4v) is 2.66. The first kappa shape index (κ1) is 12.9. The molecule has 0 aliphatic rings. The standard InChI is InChI=1S/C15H19N5/c1-3-20-13-7-5-4-6-12(13)18-14(20)10-11(16)15-17-8-9-19(15)2/h4-9,11H,3,10,16H2,1-2H3. The second kappa shape index (κ2) is 5.09. The number of imidazole rings is 2. The molecule has 2 heterocycles. The minimum Gasteiger partial charge on any atom is -0.337 e. The van der Waals surface area contributed by atoms with Crippen molar-refractivity contribution in [3.63, 3.8) is 0 Å². The Morgan fingerprint density at radius 1 is 1.30 bits per heavy atom. The lowest BCUT2D eigenvalue weighted by molar-refractivity contribution is 0.590. The van der Waals surface area contributed by atoms with Gasteiger partial charge in [-0.05, 0) is 19.1 Å². The third-order valence-corrected chi connectivity index (χ3v) is 3.64. The van der Waals surface area contributed by atoms with Crippen LogP contribution in [0.15, 0.2) is 36.7 Å². The molecular weight excluding hydrogens is 250 g/mol. The molecule has 104 valence electrons. The van der Waals surface area contributed by atoms with E-state index in [9.17, 15) is 0 Å². The highest BCUT2D eigenvalue weighted by molar-refractivity contribution is 5.75. The molecule has 3 rings (SSSR count). The summed E-state index contributed by atoms with van der Waals surface area (Å²) in [5.41, 5.74) is 8.47. The summed E-state index contributed by atoms with van der Waals surface area (Å²) in [6, 6.07) is 8.05. The van der Waals surface area contributed by atoms with Crippen LogP contribution >= 0.6 is 0 Å². The summed E-state index contributed by atoms with van der Waals surface area (Å²) in [7, 11) is 1.96. The number of nitrogens with zero attached hydrogens (tertiary/aromatic N) is 4. The summed E-state index contributed by atoms with van der Waals surface area (Å²) in [6.45, 7) is 3.02. The van der Waals surface area contributed by atoms with Crippen LogP contribution in [-0.4, -0.2) is 19.1 Å². The monoisotopic (exact) mass is 269 g/mol. The average Bonchev–Trinajstić information content (AvgIpc) is 3.01. The number of benzene rings is 1. The molecule has 2 N–H and O–H groups in total. The third kappa shape index (κ3) is 2.10. The fraction of sp³-hybridized carbons (Fsp3) is 0.333. The van der Waals surface area contributed by atoms with Gasteiger partial charge < -0.3 is 14.9 Å². The first-order chi connectivity index (χ1) is 9.70. The molecule has 0 aliphatic heterocycles. The van der Waals surface area contributed by atoms with Crippen LogP contribution in [0.1, 0.15) is 24.6 Å². The Balaban J connectivity index is 1.96. The molecule has 3 aromatic rings. The van der Waals surface area contributed by atoms with E-state index < -0.39 is 0 Å². The third-order valence-electron chi connectivity index (χ3n) is 3.64. The molecule has 0 aliphatic carbocycles. The van der Waals surface area contributed by atoms with Crippen molar-refractivity contribution < 1.29 is 0 Å². The Morgan fingerprint density at radius 2 is 2.10 bits per heavy atom. The van der Waals surface area contributed by atoms with Gasteiger partial charge >= 0.3 is 0 Å². The highest BCUT2D eigenvalue weighted by Gasteiger charge is 2.16. The molecule has 0 saturated carbocycles. The zero-order valence-corrected chi connectivity index (χ0v) is 11.8. The number of rotatable bonds is 4. The van der Waals surface area contributed by atoms with Crippen LogP contribution in [0.2, 0.25) is 0 Å². The zero-order valence-electron chi connectivity index (χ0n) is 11.8. The van der Waals surface area contributed by atoms with Crippen molar-refractivity contribution in [1.29, 1.82) is 0 Å². The molecule has 1 unspecified atom stereocenters. The fourth-order valence-electron chi connectivity index (χ4n) is 2.66. The molecule has 5 nitrogen and oxygen atoms in total. The number of nitrogens with two attached hydrogens (primary N) is 1. The molecule has 2 aromatic heterocycles. The Kier molecular flexibility index (Phi) is 3.28. The van der Waals surface area contributed by atoms with Gasteiger partial charge in [0.15, 0.2) is 0 Å². The van der Waals surface area contributed by atoms with Crippen molar-refractivity contribution in [1.82, 2.24) is 19.1 Å². The molecule has 0 bridgehead atoms. The van der Waals surface area contributed by atoms with Crippen LogP contribution in [0.25, 0.3) is 11.0 Å². The molecule has 5 heteroatoms. The second-order valence-electron chi connectivity index (χ2n) is 4.97. The number of hydrogen-bond acceptors (Lipinski definition) is 3. The van der Waals surface area contributed by atoms with Gasteiger partial charge in [-0.1, -0.05) is 12.1 Å².